The molecule has 180 valence electrons. The van der Waals surface area contributed by atoms with Gasteiger partial charge in [0.05, 0.1) is 0 Å². The summed E-state index contributed by atoms with van der Waals surface area (Å²) in [7, 11) is 0. The molecule has 3 heterocycles. The highest BCUT2D eigenvalue weighted by molar-refractivity contribution is 5.85. The van der Waals surface area contributed by atoms with Crippen molar-refractivity contribution in [1.29, 1.82) is 0 Å². The molecule has 0 fully saturated rings. The van der Waals surface area contributed by atoms with Gasteiger partial charge >= 0.3 is 6.36 Å². The Morgan fingerprint density at radius 1 is 1.03 bits per heavy atom. The van der Waals surface area contributed by atoms with Crippen LogP contribution in [0.25, 0.3) is 21.8 Å². The van der Waals surface area contributed by atoms with Crippen molar-refractivity contribution in [3.63, 3.8) is 0 Å². The van der Waals surface area contributed by atoms with Gasteiger partial charge in [0, 0.05) is 57.7 Å². The highest BCUT2D eigenvalue weighted by atomic mass is 19.4. The van der Waals surface area contributed by atoms with Crippen LogP contribution in [0.3, 0.4) is 0 Å². The number of aromatic amines is 2. The van der Waals surface area contributed by atoms with Crippen LogP contribution in [0.5, 0.6) is 5.75 Å². The van der Waals surface area contributed by atoms with E-state index in [1.807, 2.05) is 26.0 Å². The molecule has 5 aromatic rings. The summed E-state index contributed by atoms with van der Waals surface area (Å²) in [6, 6.07) is 12.4. The van der Waals surface area contributed by atoms with Gasteiger partial charge in [-0.25, -0.2) is 4.98 Å². The number of nitrogens with zero attached hydrogens (tertiary/aromatic N) is 2. The molecular formula is C25H23F3N6O. The van der Waals surface area contributed by atoms with Crippen molar-refractivity contribution in [2.24, 2.45) is 0 Å². The van der Waals surface area contributed by atoms with E-state index >= 15 is 0 Å². The third kappa shape index (κ3) is 5.16. The molecule has 5 rings (SSSR count). The number of hydrogen-bond donors (Lipinski definition) is 4. The van der Waals surface area contributed by atoms with Crippen LogP contribution in [0.2, 0.25) is 0 Å². The van der Waals surface area contributed by atoms with Crippen LogP contribution in [0.4, 0.5) is 30.6 Å². The normalized spacial score (nSPS) is 11.8. The third-order valence-electron chi connectivity index (χ3n) is 5.64. The average Bonchev–Trinajstić information content (AvgIpc) is 3.36. The number of benzene rings is 2. The van der Waals surface area contributed by atoms with E-state index in [9.17, 15) is 13.2 Å². The van der Waals surface area contributed by atoms with Crippen LogP contribution in [0, 0.1) is 13.8 Å². The summed E-state index contributed by atoms with van der Waals surface area (Å²) in [6.45, 7) is 4.44. The average molecular weight is 480 g/mol. The molecule has 0 aliphatic carbocycles. The first-order valence-electron chi connectivity index (χ1n) is 11.0. The minimum Gasteiger partial charge on any atom is -0.406 e. The van der Waals surface area contributed by atoms with Crippen molar-refractivity contribution in [2.75, 3.05) is 17.2 Å². The number of hydrogen-bond acceptors (Lipinski definition) is 5. The summed E-state index contributed by atoms with van der Waals surface area (Å²) < 4.78 is 41.7. The minimum absolute atomic E-state index is 0.246. The van der Waals surface area contributed by atoms with E-state index in [1.54, 1.807) is 18.5 Å². The topological polar surface area (TPSA) is 90.7 Å². The summed E-state index contributed by atoms with van der Waals surface area (Å²) >= 11 is 0. The molecule has 0 saturated heterocycles. The zero-order valence-electron chi connectivity index (χ0n) is 19.0. The molecule has 0 unspecified atom stereocenters. The summed E-state index contributed by atoms with van der Waals surface area (Å²) in [5.74, 6) is 0.900. The van der Waals surface area contributed by atoms with E-state index in [2.05, 4.69) is 47.4 Å². The standard InChI is InChI=1S/C25H23F3N6O/c1-14-12-31-24(34-23(14)33-18-3-5-21-17(10-18)9-15(2)32-21)29-8-7-16-13-30-22-6-4-19(11-20(16)22)35-25(26,27)28/h3-6,9-13,30,32H,7-8H2,1-2H3,(H2,29,31,33,34). The molecular weight excluding hydrogens is 457 g/mol. The highest BCUT2D eigenvalue weighted by Gasteiger charge is 2.31. The van der Waals surface area contributed by atoms with Gasteiger partial charge < -0.3 is 25.3 Å². The molecule has 3 aromatic heterocycles. The lowest BCUT2D eigenvalue weighted by molar-refractivity contribution is -0.274. The maximum atomic E-state index is 12.6. The minimum atomic E-state index is -4.73. The molecule has 0 aliphatic heterocycles. The Morgan fingerprint density at radius 3 is 2.69 bits per heavy atom. The largest absolute Gasteiger partial charge is 0.573 e. The monoisotopic (exact) mass is 480 g/mol. The summed E-state index contributed by atoms with van der Waals surface area (Å²) in [5.41, 5.74) is 5.59. The van der Waals surface area contributed by atoms with Crippen LogP contribution >= 0.6 is 0 Å². The Kier molecular flexibility index (Phi) is 5.72. The summed E-state index contributed by atoms with van der Waals surface area (Å²) in [6.07, 6.45) is -0.653. The smallest absolute Gasteiger partial charge is 0.406 e. The molecule has 0 aliphatic rings. The van der Waals surface area contributed by atoms with E-state index in [-0.39, 0.29) is 5.75 Å². The Morgan fingerprint density at radius 2 is 1.86 bits per heavy atom. The maximum absolute atomic E-state index is 12.6. The molecule has 0 atom stereocenters. The Labute approximate surface area is 198 Å². The zero-order valence-corrected chi connectivity index (χ0v) is 19.0. The lowest BCUT2D eigenvalue weighted by Gasteiger charge is -2.11. The van der Waals surface area contributed by atoms with Crippen molar-refractivity contribution in [3.8, 4) is 5.75 Å². The SMILES string of the molecule is Cc1cc2cc(Nc3nc(NCCc4c[nH]c5ccc(OC(F)(F)F)cc45)ncc3C)ccc2[nH]1. The van der Waals surface area contributed by atoms with Gasteiger partial charge in [0.15, 0.2) is 0 Å². The molecule has 2 aromatic carbocycles. The van der Waals surface area contributed by atoms with Crippen molar-refractivity contribution >= 4 is 39.3 Å². The summed E-state index contributed by atoms with van der Waals surface area (Å²) in [5, 5.41) is 8.33. The predicted molar refractivity (Wildman–Crippen MR) is 130 cm³/mol. The Hall–Kier alpha value is -4.21. The lowest BCUT2D eigenvalue weighted by Crippen LogP contribution is -2.17. The maximum Gasteiger partial charge on any atom is 0.573 e. The van der Waals surface area contributed by atoms with Crippen LogP contribution in [-0.4, -0.2) is 32.8 Å². The van der Waals surface area contributed by atoms with E-state index in [0.717, 1.165) is 38.9 Å². The fourth-order valence-corrected chi connectivity index (χ4v) is 4.02. The molecule has 7 nitrogen and oxygen atoms in total. The molecule has 0 spiro atoms. The van der Waals surface area contributed by atoms with E-state index < -0.39 is 6.36 Å². The van der Waals surface area contributed by atoms with Crippen LogP contribution in [-0.2, 0) is 6.42 Å². The van der Waals surface area contributed by atoms with E-state index in [0.29, 0.717) is 30.1 Å². The number of aryl methyl sites for hydroxylation is 2. The number of anilines is 3. The number of H-pyrrole nitrogens is 2. The first-order valence-corrected chi connectivity index (χ1v) is 11.0. The van der Waals surface area contributed by atoms with Crippen LogP contribution in [0.15, 0.2) is 54.9 Å². The van der Waals surface area contributed by atoms with Crippen molar-refractivity contribution in [1.82, 2.24) is 19.9 Å². The van der Waals surface area contributed by atoms with Gasteiger partial charge in [-0.15, -0.1) is 13.2 Å². The first-order chi connectivity index (χ1) is 16.7. The van der Waals surface area contributed by atoms with Crippen molar-refractivity contribution in [2.45, 2.75) is 26.6 Å². The quantitative estimate of drug-likeness (QED) is 0.218. The molecule has 0 bridgehead atoms. The number of fused-ring (bicyclic) bond motifs is 2. The number of rotatable bonds is 7. The van der Waals surface area contributed by atoms with E-state index in [4.69, 9.17) is 0 Å². The number of halogens is 3. The van der Waals surface area contributed by atoms with Gasteiger partial charge in [0.25, 0.3) is 0 Å². The molecule has 0 amide bonds. The zero-order chi connectivity index (χ0) is 24.6. The second-order valence-electron chi connectivity index (χ2n) is 8.35. The van der Waals surface area contributed by atoms with Crippen molar-refractivity contribution < 1.29 is 17.9 Å². The fourth-order valence-electron chi connectivity index (χ4n) is 4.02. The molecule has 10 heteroatoms. The number of ether oxygens (including phenoxy) is 1. The second-order valence-corrected chi connectivity index (χ2v) is 8.35. The lowest BCUT2D eigenvalue weighted by atomic mass is 10.1. The number of alkyl halides is 3. The van der Waals surface area contributed by atoms with Gasteiger partial charge in [-0.1, -0.05) is 0 Å². The third-order valence-corrected chi connectivity index (χ3v) is 5.64. The van der Waals surface area contributed by atoms with Gasteiger partial charge in [0.2, 0.25) is 5.95 Å². The molecule has 0 saturated carbocycles. The second kappa shape index (κ2) is 8.86. The predicted octanol–water partition coefficient (Wildman–Crippen LogP) is 6.35. The number of aromatic nitrogens is 4. The van der Waals surface area contributed by atoms with Gasteiger partial charge in [-0.05, 0) is 68.3 Å². The first kappa shape index (κ1) is 22.6. The molecule has 0 radical (unpaired) electrons. The molecule has 35 heavy (non-hydrogen) atoms. The molecule has 4 N–H and O–H groups in total. The van der Waals surface area contributed by atoms with E-state index in [1.165, 1.54) is 12.1 Å². The Balaban J connectivity index is 1.27. The van der Waals surface area contributed by atoms with Crippen molar-refractivity contribution in [3.05, 3.63) is 71.7 Å². The number of nitrogens with one attached hydrogen (secondary N) is 4. The van der Waals surface area contributed by atoms with Gasteiger partial charge in [-0.2, -0.15) is 4.98 Å². The fraction of sp³-hybridized carbons (Fsp3) is 0.200. The van der Waals surface area contributed by atoms with Crippen LogP contribution < -0.4 is 15.4 Å². The summed E-state index contributed by atoms with van der Waals surface area (Å²) in [4.78, 5) is 15.3. The van der Waals surface area contributed by atoms with Crippen LogP contribution in [0.1, 0.15) is 16.8 Å². The Bertz CT molecular complexity index is 1500. The van der Waals surface area contributed by atoms with Gasteiger partial charge in [0.1, 0.15) is 11.6 Å². The highest BCUT2D eigenvalue weighted by Crippen LogP contribution is 2.28. The van der Waals surface area contributed by atoms with Gasteiger partial charge in [-0.3, -0.25) is 0 Å².